The van der Waals surface area contributed by atoms with Crippen molar-refractivity contribution < 1.29 is 14.7 Å². The standard InChI is InChI=1S/C16H23NO3/c1-17(15(18)12-7-13(12)16(19)20)14-10-3-8-2-9(5-10)6-11(14)4-8/h8-14H,2-7H2,1H3,(H,19,20). The molecule has 4 nitrogen and oxygen atoms in total. The zero-order valence-corrected chi connectivity index (χ0v) is 12.0. The van der Waals surface area contributed by atoms with Gasteiger partial charge in [0.25, 0.3) is 0 Å². The summed E-state index contributed by atoms with van der Waals surface area (Å²) < 4.78 is 0. The van der Waals surface area contributed by atoms with Crippen molar-refractivity contribution in [3.05, 3.63) is 0 Å². The average molecular weight is 277 g/mol. The first-order valence-electron chi connectivity index (χ1n) is 8.04. The Hall–Kier alpha value is -1.06. The second-order valence-corrected chi connectivity index (χ2v) is 7.66. The number of amides is 1. The van der Waals surface area contributed by atoms with Crippen LogP contribution in [0.25, 0.3) is 0 Å². The number of carbonyl (C=O) groups excluding carboxylic acids is 1. The predicted octanol–water partition coefficient (Wildman–Crippen LogP) is 1.99. The van der Waals surface area contributed by atoms with Crippen LogP contribution in [-0.2, 0) is 9.59 Å². The average Bonchev–Trinajstić information content (AvgIpc) is 3.16. The van der Waals surface area contributed by atoms with Crippen molar-refractivity contribution in [1.82, 2.24) is 4.90 Å². The van der Waals surface area contributed by atoms with Crippen LogP contribution in [0.2, 0.25) is 0 Å². The number of hydrogen-bond acceptors (Lipinski definition) is 2. The Morgan fingerprint density at radius 3 is 1.90 bits per heavy atom. The molecule has 2 unspecified atom stereocenters. The maximum absolute atomic E-state index is 12.5. The van der Waals surface area contributed by atoms with E-state index in [4.69, 9.17) is 5.11 Å². The number of aliphatic carboxylic acids is 1. The van der Waals surface area contributed by atoms with E-state index in [-0.39, 0.29) is 11.8 Å². The van der Waals surface area contributed by atoms with Gasteiger partial charge in [-0.15, -0.1) is 0 Å². The Kier molecular flexibility index (Phi) is 2.67. The lowest BCUT2D eigenvalue weighted by Crippen LogP contribution is -2.56. The van der Waals surface area contributed by atoms with Crippen LogP contribution >= 0.6 is 0 Å². The fraction of sp³-hybridized carbons (Fsp3) is 0.875. The van der Waals surface area contributed by atoms with Gasteiger partial charge in [-0.05, 0) is 62.2 Å². The molecule has 0 radical (unpaired) electrons. The highest BCUT2D eigenvalue weighted by atomic mass is 16.4. The molecule has 0 aromatic rings. The Morgan fingerprint density at radius 2 is 1.45 bits per heavy atom. The third kappa shape index (κ3) is 1.80. The first-order valence-corrected chi connectivity index (χ1v) is 8.04. The number of rotatable bonds is 3. The van der Waals surface area contributed by atoms with E-state index >= 15 is 0 Å². The van der Waals surface area contributed by atoms with E-state index in [1.807, 2.05) is 11.9 Å². The van der Waals surface area contributed by atoms with Crippen LogP contribution in [0.4, 0.5) is 0 Å². The minimum atomic E-state index is -0.804. The number of carboxylic acid groups (broad SMARTS) is 1. The van der Waals surface area contributed by atoms with Crippen molar-refractivity contribution in [2.24, 2.45) is 35.5 Å². The van der Waals surface area contributed by atoms with E-state index in [0.717, 1.165) is 11.8 Å². The molecule has 0 aromatic carbocycles. The maximum Gasteiger partial charge on any atom is 0.307 e. The zero-order valence-electron chi connectivity index (χ0n) is 12.0. The minimum Gasteiger partial charge on any atom is -0.481 e. The number of carboxylic acids is 1. The SMILES string of the molecule is CN(C(=O)C1CC1C(=O)O)C1C2CC3CC(C2)CC1C3. The van der Waals surface area contributed by atoms with Crippen LogP contribution in [0, 0.1) is 35.5 Å². The summed E-state index contributed by atoms with van der Waals surface area (Å²) in [6.45, 7) is 0. The summed E-state index contributed by atoms with van der Waals surface area (Å²) in [5.74, 6) is 1.81. The third-order valence-electron chi connectivity index (χ3n) is 6.40. The lowest BCUT2D eigenvalue weighted by molar-refractivity contribution is -0.146. The van der Waals surface area contributed by atoms with Crippen LogP contribution in [0.5, 0.6) is 0 Å². The fourth-order valence-corrected chi connectivity index (χ4v) is 5.68. The molecule has 2 atom stereocenters. The van der Waals surface area contributed by atoms with Crippen molar-refractivity contribution in [3.8, 4) is 0 Å². The van der Waals surface area contributed by atoms with Gasteiger partial charge in [0, 0.05) is 13.1 Å². The largest absolute Gasteiger partial charge is 0.481 e. The molecule has 1 amide bonds. The second-order valence-electron chi connectivity index (χ2n) is 7.66. The normalized spacial score (nSPS) is 48.1. The topological polar surface area (TPSA) is 57.6 Å². The molecule has 5 aliphatic carbocycles. The smallest absolute Gasteiger partial charge is 0.307 e. The van der Waals surface area contributed by atoms with E-state index in [0.29, 0.717) is 24.3 Å². The second kappa shape index (κ2) is 4.22. The Morgan fingerprint density at radius 1 is 0.900 bits per heavy atom. The lowest BCUT2D eigenvalue weighted by Gasteiger charge is -2.56. The minimum absolute atomic E-state index is 0.0925. The van der Waals surface area contributed by atoms with Crippen molar-refractivity contribution >= 4 is 11.9 Å². The van der Waals surface area contributed by atoms with Gasteiger partial charge in [-0.25, -0.2) is 0 Å². The summed E-state index contributed by atoms with van der Waals surface area (Å²) in [6, 6.07) is 0.394. The van der Waals surface area contributed by atoms with E-state index < -0.39 is 11.9 Å². The highest BCUT2D eigenvalue weighted by molar-refractivity contribution is 5.89. The van der Waals surface area contributed by atoms with E-state index in [1.165, 1.54) is 32.1 Å². The number of hydrogen-bond donors (Lipinski definition) is 1. The molecule has 0 aliphatic heterocycles. The van der Waals surface area contributed by atoms with Crippen molar-refractivity contribution in [2.45, 2.75) is 44.6 Å². The molecule has 4 bridgehead atoms. The van der Waals surface area contributed by atoms with Gasteiger partial charge in [0.15, 0.2) is 0 Å². The fourth-order valence-electron chi connectivity index (χ4n) is 5.68. The van der Waals surface area contributed by atoms with Crippen LogP contribution in [0.1, 0.15) is 38.5 Å². The van der Waals surface area contributed by atoms with Gasteiger partial charge in [-0.3, -0.25) is 9.59 Å². The monoisotopic (exact) mass is 277 g/mol. The predicted molar refractivity (Wildman–Crippen MR) is 72.8 cm³/mol. The van der Waals surface area contributed by atoms with Gasteiger partial charge in [0.2, 0.25) is 5.91 Å². The van der Waals surface area contributed by atoms with Gasteiger partial charge in [-0.2, -0.15) is 0 Å². The van der Waals surface area contributed by atoms with Gasteiger partial charge < -0.3 is 10.0 Å². The molecule has 0 spiro atoms. The van der Waals surface area contributed by atoms with E-state index in [1.54, 1.807) is 0 Å². The Bertz CT molecular complexity index is 433. The van der Waals surface area contributed by atoms with Gasteiger partial charge >= 0.3 is 5.97 Å². The van der Waals surface area contributed by atoms with E-state index in [2.05, 4.69) is 0 Å². The number of nitrogens with zero attached hydrogens (tertiary/aromatic N) is 1. The molecule has 5 rings (SSSR count). The molecule has 20 heavy (non-hydrogen) atoms. The molecule has 5 saturated carbocycles. The van der Waals surface area contributed by atoms with Crippen LogP contribution in [0.3, 0.4) is 0 Å². The molecule has 5 aliphatic rings. The number of carbonyl (C=O) groups is 2. The van der Waals surface area contributed by atoms with Crippen LogP contribution in [0.15, 0.2) is 0 Å². The lowest BCUT2D eigenvalue weighted by atomic mass is 9.54. The summed E-state index contributed by atoms with van der Waals surface area (Å²) in [4.78, 5) is 25.4. The van der Waals surface area contributed by atoms with Gasteiger partial charge in [-0.1, -0.05) is 0 Å². The molecule has 1 N–H and O–H groups in total. The van der Waals surface area contributed by atoms with Gasteiger partial charge in [0.1, 0.15) is 0 Å². The van der Waals surface area contributed by atoms with Crippen molar-refractivity contribution in [1.29, 1.82) is 0 Å². The summed E-state index contributed by atoms with van der Waals surface area (Å²) >= 11 is 0. The van der Waals surface area contributed by atoms with Gasteiger partial charge in [0.05, 0.1) is 11.8 Å². The molecule has 0 saturated heterocycles. The molecule has 110 valence electrons. The highest BCUT2D eigenvalue weighted by Crippen LogP contribution is 2.55. The quantitative estimate of drug-likeness (QED) is 0.858. The molecule has 5 fully saturated rings. The summed E-state index contributed by atoms with van der Waals surface area (Å²) in [5, 5.41) is 9.00. The summed E-state index contributed by atoms with van der Waals surface area (Å²) in [5.41, 5.74) is 0. The summed E-state index contributed by atoms with van der Waals surface area (Å²) in [6.07, 6.45) is 7.14. The summed E-state index contributed by atoms with van der Waals surface area (Å²) in [7, 11) is 1.92. The van der Waals surface area contributed by atoms with Crippen molar-refractivity contribution in [3.63, 3.8) is 0 Å². The molecular weight excluding hydrogens is 254 g/mol. The molecule has 0 heterocycles. The molecule has 0 aromatic heterocycles. The van der Waals surface area contributed by atoms with E-state index in [9.17, 15) is 9.59 Å². The Balaban J connectivity index is 1.48. The molecular formula is C16H23NO3. The molecule has 4 heteroatoms. The first kappa shape index (κ1) is 12.7. The Labute approximate surface area is 119 Å². The maximum atomic E-state index is 12.5. The zero-order chi connectivity index (χ0) is 14.0. The van der Waals surface area contributed by atoms with Crippen LogP contribution in [-0.4, -0.2) is 35.0 Å². The van der Waals surface area contributed by atoms with Crippen molar-refractivity contribution in [2.75, 3.05) is 7.05 Å². The highest BCUT2D eigenvalue weighted by Gasteiger charge is 2.54. The first-order chi connectivity index (χ1) is 9.54. The van der Waals surface area contributed by atoms with Crippen LogP contribution < -0.4 is 0 Å². The third-order valence-corrected chi connectivity index (χ3v) is 6.40.